The van der Waals surface area contributed by atoms with E-state index in [9.17, 15) is 9.90 Å². The van der Waals surface area contributed by atoms with E-state index in [4.69, 9.17) is 10.6 Å². The minimum Gasteiger partial charge on any atom is -0.459 e. The summed E-state index contributed by atoms with van der Waals surface area (Å²) in [5.41, 5.74) is -1.36. The molecule has 0 aromatic heterocycles. The Balaban J connectivity index is 2.71. The molecular formula is C10H20N2O3. The van der Waals surface area contributed by atoms with Crippen molar-refractivity contribution in [1.82, 2.24) is 5.01 Å². The maximum atomic E-state index is 11.9. The SMILES string of the molecule is CC(C)(C)OC(=O)[C@@]1(CO)CCN(N)C1. The van der Waals surface area contributed by atoms with Gasteiger partial charge in [-0.1, -0.05) is 0 Å². The zero-order valence-electron chi connectivity index (χ0n) is 9.62. The molecule has 88 valence electrons. The van der Waals surface area contributed by atoms with E-state index in [1.807, 2.05) is 20.8 Å². The number of nitrogens with zero attached hydrogens (tertiary/aromatic N) is 1. The number of aliphatic hydroxyl groups is 1. The first kappa shape index (κ1) is 12.4. The van der Waals surface area contributed by atoms with Crippen LogP contribution in [-0.4, -0.2) is 41.4 Å². The molecule has 0 aromatic rings. The molecule has 5 nitrogen and oxygen atoms in total. The molecule has 0 saturated carbocycles. The number of rotatable bonds is 2. The van der Waals surface area contributed by atoms with Crippen LogP contribution in [0, 0.1) is 5.41 Å². The minimum absolute atomic E-state index is 0.213. The van der Waals surface area contributed by atoms with Crippen molar-refractivity contribution in [3.05, 3.63) is 0 Å². The van der Waals surface area contributed by atoms with Crippen molar-refractivity contribution in [2.75, 3.05) is 19.7 Å². The molecule has 1 aliphatic heterocycles. The maximum absolute atomic E-state index is 11.9. The Bertz CT molecular complexity index is 250. The van der Waals surface area contributed by atoms with Crippen molar-refractivity contribution in [1.29, 1.82) is 0 Å². The fraction of sp³-hybridized carbons (Fsp3) is 0.900. The number of hydrogen-bond acceptors (Lipinski definition) is 5. The molecule has 5 heteroatoms. The van der Waals surface area contributed by atoms with E-state index >= 15 is 0 Å². The Morgan fingerprint density at radius 2 is 2.20 bits per heavy atom. The summed E-state index contributed by atoms with van der Waals surface area (Å²) in [6.07, 6.45) is 0.551. The van der Waals surface area contributed by atoms with Crippen LogP contribution in [-0.2, 0) is 9.53 Å². The topological polar surface area (TPSA) is 75.8 Å². The lowest BCUT2D eigenvalue weighted by Gasteiger charge is -2.29. The zero-order valence-corrected chi connectivity index (χ0v) is 9.62. The first-order valence-electron chi connectivity index (χ1n) is 5.13. The molecule has 1 saturated heterocycles. The second-order valence-corrected chi connectivity index (χ2v) is 5.16. The third kappa shape index (κ3) is 2.90. The summed E-state index contributed by atoms with van der Waals surface area (Å²) in [5.74, 6) is 5.25. The van der Waals surface area contributed by atoms with Crippen molar-refractivity contribution < 1.29 is 14.6 Å². The monoisotopic (exact) mass is 216 g/mol. The summed E-state index contributed by atoms with van der Waals surface area (Å²) in [6.45, 7) is 6.19. The van der Waals surface area contributed by atoms with Gasteiger partial charge in [-0.25, -0.2) is 5.01 Å². The summed E-state index contributed by atoms with van der Waals surface area (Å²) in [5, 5.41) is 10.9. The Morgan fingerprint density at radius 3 is 2.53 bits per heavy atom. The van der Waals surface area contributed by atoms with E-state index in [1.165, 1.54) is 0 Å². The van der Waals surface area contributed by atoms with Crippen LogP contribution in [0.1, 0.15) is 27.2 Å². The van der Waals surface area contributed by atoms with Crippen LogP contribution in [0.4, 0.5) is 0 Å². The van der Waals surface area contributed by atoms with Crippen molar-refractivity contribution in [3.8, 4) is 0 Å². The lowest BCUT2D eigenvalue weighted by molar-refractivity contribution is -0.169. The number of hydrogen-bond donors (Lipinski definition) is 2. The van der Waals surface area contributed by atoms with Crippen LogP contribution in [0.3, 0.4) is 0 Å². The van der Waals surface area contributed by atoms with Crippen molar-refractivity contribution in [3.63, 3.8) is 0 Å². The van der Waals surface area contributed by atoms with Gasteiger partial charge in [0.2, 0.25) is 0 Å². The van der Waals surface area contributed by atoms with Gasteiger partial charge in [-0.15, -0.1) is 0 Å². The molecule has 0 amide bonds. The van der Waals surface area contributed by atoms with E-state index in [2.05, 4.69) is 0 Å². The van der Waals surface area contributed by atoms with Gasteiger partial charge in [0.05, 0.1) is 6.61 Å². The molecule has 1 aliphatic rings. The van der Waals surface area contributed by atoms with Gasteiger partial charge in [0.15, 0.2) is 0 Å². The second kappa shape index (κ2) is 4.08. The van der Waals surface area contributed by atoms with Crippen LogP contribution >= 0.6 is 0 Å². The number of carbonyl (C=O) groups is 1. The third-order valence-corrected chi connectivity index (χ3v) is 2.52. The number of hydrazine groups is 1. The summed E-state index contributed by atoms with van der Waals surface area (Å²) >= 11 is 0. The Hall–Kier alpha value is -0.650. The van der Waals surface area contributed by atoms with Gasteiger partial charge in [-0.3, -0.25) is 10.6 Å². The first-order valence-corrected chi connectivity index (χ1v) is 5.13. The normalized spacial score (nSPS) is 28.1. The smallest absolute Gasteiger partial charge is 0.316 e. The highest BCUT2D eigenvalue weighted by Crippen LogP contribution is 2.31. The van der Waals surface area contributed by atoms with Crippen LogP contribution in [0.5, 0.6) is 0 Å². The Morgan fingerprint density at radius 1 is 1.60 bits per heavy atom. The average Bonchev–Trinajstić information content (AvgIpc) is 2.45. The number of esters is 1. The van der Waals surface area contributed by atoms with E-state index in [-0.39, 0.29) is 12.6 Å². The summed E-state index contributed by atoms with van der Waals surface area (Å²) in [7, 11) is 0. The van der Waals surface area contributed by atoms with E-state index in [0.29, 0.717) is 19.5 Å². The van der Waals surface area contributed by atoms with Crippen LogP contribution < -0.4 is 5.84 Å². The molecule has 1 atom stereocenters. The summed E-state index contributed by atoms with van der Waals surface area (Å²) < 4.78 is 5.28. The highest BCUT2D eigenvalue weighted by molar-refractivity contribution is 5.78. The van der Waals surface area contributed by atoms with Crippen LogP contribution in [0.15, 0.2) is 0 Å². The number of carbonyl (C=O) groups excluding carboxylic acids is 1. The third-order valence-electron chi connectivity index (χ3n) is 2.52. The van der Waals surface area contributed by atoms with Crippen molar-refractivity contribution in [2.24, 2.45) is 11.3 Å². The van der Waals surface area contributed by atoms with Gasteiger partial charge < -0.3 is 9.84 Å². The van der Waals surface area contributed by atoms with Gasteiger partial charge in [-0.2, -0.15) is 0 Å². The molecular weight excluding hydrogens is 196 g/mol. The fourth-order valence-corrected chi connectivity index (χ4v) is 1.65. The Kier molecular flexibility index (Phi) is 3.38. The molecule has 3 N–H and O–H groups in total. The quantitative estimate of drug-likeness (QED) is 0.497. The molecule has 1 fully saturated rings. The highest BCUT2D eigenvalue weighted by atomic mass is 16.6. The standard InChI is InChI=1S/C10H20N2O3/c1-9(2,3)15-8(14)10(7-13)4-5-12(11)6-10/h13H,4-7,11H2,1-3H3/t10-/m0/s1. The highest BCUT2D eigenvalue weighted by Gasteiger charge is 2.46. The van der Waals surface area contributed by atoms with Gasteiger partial charge >= 0.3 is 5.97 Å². The van der Waals surface area contributed by atoms with Crippen molar-refractivity contribution in [2.45, 2.75) is 32.8 Å². The molecule has 0 unspecified atom stereocenters. The van der Waals surface area contributed by atoms with E-state index < -0.39 is 11.0 Å². The number of ether oxygens (including phenoxy) is 1. The van der Waals surface area contributed by atoms with E-state index in [0.717, 1.165) is 0 Å². The minimum atomic E-state index is -0.831. The molecule has 0 aromatic carbocycles. The molecule has 15 heavy (non-hydrogen) atoms. The largest absolute Gasteiger partial charge is 0.459 e. The predicted octanol–water partition coefficient (Wildman–Crippen LogP) is -0.114. The summed E-state index contributed by atoms with van der Waals surface area (Å²) in [4.78, 5) is 11.9. The second-order valence-electron chi connectivity index (χ2n) is 5.16. The molecule has 0 spiro atoms. The maximum Gasteiger partial charge on any atom is 0.316 e. The summed E-state index contributed by atoms with van der Waals surface area (Å²) in [6, 6.07) is 0. The Labute approximate surface area is 90.2 Å². The van der Waals surface area contributed by atoms with E-state index in [1.54, 1.807) is 5.01 Å². The fourth-order valence-electron chi connectivity index (χ4n) is 1.65. The lowest BCUT2D eigenvalue weighted by Crippen LogP contribution is -2.43. The molecule has 0 bridgehead atoms. The van der Waals surface area contributed by atoms with Gasteiger partial charge in [-0.05, 0) is 27.2 Å². The van der Waals surface area contributed by atoms with Crippen molar-refractivity contribution >= 4 is 5.97 Å². The molecule has 0 radical (unpaired) electrons. The lowest BCUT2D eigenvalue weighted by atomic mass is 9.88. The van der Waals surface area contributed by atoms with Crippen LogP contribution in [0.25, 0.3) is 0 Å². The zero-order chi connectivity index (χ0) is 11.7. The van der Waals surface area contributed by atoms with Crippen LogP contribution in [0.2, 0.25) is 0 Å². The number of aliphatic hydroxyl groups excluding tert-OH is 1. The molecule has 0 aliphatic carbocycles. The van der Waals surface area contributed by atoms with Gasteiger partial charge in [0, 0.05) is 13.1 Å². The predicted molar refractivity (Wildman–Crippen MR) is 55.7 cm³/mol. The average molecular weight is 216 g/mol. The number of nitrogens with two attached hydrogens (primary N) is 1. The first-order chi connectivity index (χ1) is 6.79. The molecule has 1 heterocycles. The molecule has 1 rings (SSSR count). The van der Waals surface area contributed by atoms with Gasteiger partial charge in [0.1, 0.15) is 11.0 Å². The van der Waals surface area contributed by atoms with Gasteiger partial charge in [0.25, 0.3) is 0 Å².